The van der Waals surface area contributed by atoms with Crippen molar-refractivity contribution in [2.24, 2.45) is 0 Å². The zero-order chi connectivity index (χ0) is 7.68. The van der Waals surface area contributed by atoms with Crippen LogP contribution in [0.15, 0.2) is 29.3 Å². The highest BCUT2D eigenvalue weighted by atomic mass is 32.2. The molecule has 2 rings (SSSR count). The maximum Gasteiger partial charge on any atom is 0.125 e. The van der Waals surface area contributed by atoms with Crippen molar-refractivity contribution >= 4 is 22.7 Å². The van der Waals surface area contributed by atoms with E-state index in [-0.39, 0.29) is 0 Å². The Labute approximate surface area is 69.0 Å². The van der Waals surface area contributed by atoms with Crippen LogP contribution in [0.25, 0.3) is 10.9 Å². The van der Waals surface area contributed by atoms with Crippen molar-refractivity contribution in [3.05, 3.63) is 24.3 Å². The Morgan fingerprint density at radius 2 is 2.18 bits per heavy atom. The Kier molecular flexibility index (Phi) is 1.58. The van der Waals surface area contributed by atoms with Crippen LogP contribution in [0.3, 0.4) is 0 Å². The Bertz CT molecular complexity index is 367. The molecule has 1 N–H and O–H groups in total. The minimum atomic E-state index is 1.07. The van der Waals surface area contributed by atoms with E-state index in [1.54, 1.807) is 11.8 Å². The van der Waals surface area contributed by atoms with E-state index in [4.69, 9.17) is 0 Å². The summed E-state index contributed by atoms with van der Waals surface area (Å²) in [5, 5.41) is 9.40. The van der Waals surface area contributed by atoms with E-state index in [0.717, 1.165) is 10.5 Å². The van der Waals surface area contributed by atoms with Gasteiger partial charge in [-0.3, -0.25) is 5.10 Å². The van der Waals surface area contributed by atoms with Crippen LogP contribution in [0.1, 0.15) is 0 Å². The van der Waals surface area contributed by atoms with Crippen molar-refractivity contribution in [3.63, 3.8) is 0 Å². The van der Waals surface area contributed by atoms with E-state index in [9.17, 15) is 0 Å². The quantitative estimate of drug-likeness (QED) is 0.655. The van der Waals surface area contributed by atoms with Crippen molar-refractivity contribution in [2.45, 2.75) is 5.03 Å². The number of hydrogen-bond donors (Lipinski definition) is 1. The molecule has 0 spiro atoms. The van der Waals surface area contributed by atoms with Gasteiger partial charge in [0.15, 0.2) is 0 Å². The lowest BCUT2D eigenvalue weighted by molar-refractivity contribution is 1.03. The molecule has 0 amide bonds. The minimum absolute atomic E-state index is 1.07. The lowest BCUT2D eigenvalue weighted by Crippen LogP contribution is -1.67. The molecule has 11 heavy (non-hydrogen) atoms. The van der Waals surface area contributed by atoms with Gasteiger partial charge in [-0.25, -0.2) is 0 Å². The molecule has 1 aromatic carbocycles. The average Bonchev–Trinajstić information content (AvgIpc) is 2.47. The first kappa shape index (κ1) is 6.73. The highest BCUT2D eigenvalue weighted by Gasteiger charge is 2.00. The smallest absolute Gasteiger partial charge is 0.125 e. The number of aromatic nitrogens is 2. The summed E-state index contributed by atoms with van der Waals surface area (Å²) in [7, 11) is 0. The van der Waals surface area contributed by atoms with Crippen molar-refractivity contribution in [1.29, 1.82) is 0 Å². The molecule has 0 radical (unpaired) electrons. The molecule has 0 saturated heterocycles. The SMILES string of the molecule is CSc1n[nH]c2ccccc12. The van der Waals surface area contributed by atoms with Gasteiger partial charge >= 0.3 is 0 Å². The first-order valence-corrected chi connectivity index (χ1v) is 4.61. The van der Waals surface area contributed by atoms with E-state index in [1.807, 2.05) is 24.5 Å². The summed E-state index contributed by atoms with van der Waals surface area (Å²) in [6.07, 6.45) is 2.03. The second kappa shape index (κ2) is 2.58. The lowest BCUT2D eigenvalue weighted by Gasteiger charge is -1.87. The largest absolute Gasteiger partial charge is 0.277 e. The first-order valence-electron chi connectivity index (χ1n) is 3.39. The third-order valence-electron chi connectivity index (χ3n) is 1.63. The molecular formula is C8H8N2S. The molecule has 0 aliphatic rings. The molecule has 1 aromatic heterocycles. The van der Waals surface area contributed by atoms with Gasteiger partial charge in [-0.15, -0.1) is 11.8 Å². The number of thioether (sulfide) groups is 1. The molecule has 3 heteroatoms. The normalized spacial score (nSPS) is 10.6. The number of para-hydroxylation sites is 1. The Hall–Kier alpha value is -0.960. The van der Waals surface area contributed by atoms with Gasteiger partial charge in [-0.1, -0.05) is 18.2 Å². The molecule has 0 atom stereocenters. The van der Waals surface area contributed by atoms with Crippen LogP contribution >= 0.6 is 11.8 Å². The molecule has 0 unspecified atom stereocenters. The number of nitrogens with zero attached hydrogens (tertiary/aromatic N) is 1. The maximum absolute atomic E-state index is 4.15. The van der Waals surface area contributed by atoms with E-state index in [1.165, 1.54) is 5.39 Å². The summed E-state index contributed by atoms with van der Waals surface area (Å²) < 4.78 is 0. The Balaban J connectivity index is 2.76. The van der Waals surface area contributed by atoms with Crippen molar-refractivity contribution in [1.82, 2.24) is 10.2 Å². The van der Waals surface area contributed by atoms with Crippen LogP contribution in [-0.2, 0) is 0 Å². The molecule has 0 fully saturated rings. The third-order valence-corrected chi connectivity index (χ3v) is 2.33. The second-order valence-electron chi connectivity index (χ2n) is 2.28. The van der Waals surface area contributed by atoms with E-state index >= 15 is 0 Å². The topological polar surface area (TPSA) is 28.7 Å². The molecular weight excluding hydrogens is 156 g/mol. The van der Waals surface area contributed by atoms with Gasteiger partial charge < -0.3 is 0 Å². The van der Waals surface area contributed by atoms with E-state index in [2.05, 4.69) is 16.3 Å². The molecule has 0 aliphatic carbocycles. The summed E-state index contributed by atoms with van der Waals surface area (Å²) in [5.74, 6) is 0. The molecule has 0 bridgehead atoms. The van der Waals surface area contributed by atoms with Crippen LogP contribution in [0.5, 0.6) is 0 Å². The number of benzene rings is 1. The predicted octanol–water partition coefficient (Wildman–Crippen LogP) is 2.28. The number of nitrogens with one attached hydrogen (secondary N) is 1. The van der Waals surface area contributed by atoms with Gasteiger partial charge in [-0.2, -0.15) is 5.10 Å². The summed E-state index contributed by atoms with van der Waals surface area (Å²) in [6, 6.07) is 8.13. The maximum atomic E-state index is 4.15. The van der Waals surface area contributed by atoms with Crippen molar-refractivity contribution in [2.75, 3.05) is 6.26 Å². The van der Waals surface area contributed by atoms with Gasteiger partial charge in [0, 0.05) is 5.39 Å². The summed E-state index contributed by atoms with van der Waals surface area (Å²) in [6.45, 7) is 0. The standard InChI is InChI=1S/C8H8N2S/c1-11-8-6-4-2-3-5-7(6)9-10-8/h2-5H,1H3,(H,9,10). The summed E-state index contributed by atoms with van der Waals surface area (Å²) >= 11 is 1.66. The fourth-order valence-electron chi connectivity index (χ4n) is 1.09. The van der Waals surface area contributed by atoms with Gasteiger partial charge in [-0.05, 0) is 12.3 Å². The highest BCUT2D eigenvalue weighted by molar-refractivity contribution is 7.98. The fourth-order valence-corrected chi connectivity index (χ4v) is 1.63. The van der Waals surface area contributed by atoms with Crippen LogP contribution in [-0.4, -0.2) is 16.5 Å². The second-order valence-corrected chi connectivity index (χ2v) is 3.07. The first-order chi connectivity index (χ1) is 5.42. The lowest BCUT2D eigenvalue weighted by atomic mass is 10.3. The van der Waals surface area contributed by atoms with Crippen LogP contribution in [0.2, 0.25) is 0 Å². The molecule has 0 aliphatic heterocycles. The average molecular weight is 164 g/mol. The van der Waals surface area contributed by atoms with Crippen molar-refractivity contribution < 1.29 is 0 Å². The summed E-state index contributed by atoms with van der Waals surface area (Å²) in [4.78, 5) is 0. The van der Waals surface area contributed by atoms with E-state index < -0.39 is 0 Å². The van der Waals surface area contributed by atoms with Crippen LogP contribution < -0.4 is 0 Å². The number of rotatable bonds is 1. The molecule has 0 saturated carbocycles. The fraction of sp³-hybridized carbons (Fsp3) is 0.125. The number of hydrogen-bond acceptors (Lipinski definition) is 2. The third kappa shape index (κ3) is 1.01. The number of fused-ring (bicyclic) bond motifs is 1. The van der Waals surface area contributed by atoms with Crippen LogP contribution in [0.4, 0.5) is 0 Å². The minimum Gasteiger partial charge on any atom is -0.277 e. The van der Waals surface area contributed by atoms with Gasteiger partial charge in [0.1, 0.15) is 5.03 Å². The zero-order valence-electron chi connectivity index (χ0n) is 6.16. The number of H-pyrrole nitrogens is 1. The predicted molar refractivity (Wildman–Crippen MR) is 47.9 cm³/mol. The number of aromatic amines is 1. The van der Waals surface area contributed by atoms with Gasteiger partial charge in [0.05, 0.1) is 5.52 Å². The van der Waals surface area contributed by atoms with Gasteiger partial charge in [0.25, 0.3) is 0 Å². The van der Waals surface area contributed by atoms with E-state index in [0.29, 0.717) is 0 Å². The molecule has 1 heterocycles. The zero-order valence-corrected chi connectivity index (χ0v) is 6.98. The Morgan fingerprint density at radius 1 is 1.36 bits per heavy atom. The highest BCUT2D eigenvalue weighted by Crippen LogP contribution is 2.22. The van der Waals surface area contributed by atoms with Gasteiger partial charge in [0.2, 0.25) is 0 Å². The monoisotopic (exact) mass is 164 g/mol. The molecule has 2 aromatic rings. The molecule has 56 valence electrons. The van der Waals surface area contributed by atoms with Crippen molar-refractivity contribution in [3.8, 4) is 0 Å². The van der Waals surface area contributed by atoms with Crippen LogP contribution in [0, 0.1) is 0 Å². The summed E-state index contributed by atoms with van der Waals surface area (Å²) in [5.41, 5.74) is 1.11. The molecule has 2 nitrogen and oxygen atoms in total. The Morgan fingerprint density at radius 3 is 3.00 bits per heavy atom.